The summed E-state index contributed by atoms with van der Waals surface area (Å²) in [6.45, 7) is 3.97. The molecule has 3 heterocycles. The Hall–Kier alpha value is -0.410. The third-order valence-electron chi connectivity index (χ3n) is 4.33. The summed E-state index contributed by atoms with van der Waals surface area (Å²) in [5.41, 5.74) is 0. The van der Waals surface area contributed by atoms with Crippen LogP contribution >= 0.6 is 15.9 Å². The van der Waals surface area contributed by atoms with Crippen molar-refractivity contribution in [2.75, 3.05) is 19.6 Å². The summed E-state index contributed by atoms with van der Waals surface area (Å²) in [7, 11) is -3.61. The van der Waals surface area contributed by atoms with Gasteiger partial charge in [0.1, 0.15) is 17.3 Å². The van der Waals surface area contributed by atoms with Gasteiger partial charge in [-0.15, -0.1) is 0 Å². The lowest BCUT2D eigenvalue weighted by atomic mass is 10.1. The number of rotatable bonds is 3. The van der Waals surface area contributed by atoms with Gasteiger partial charge in [0.05, 0.1) is 0 Å². The number of sulfonamides is 1. The van der Waals surface area contributed by atoms with Gasteiger partial charge >= 0.3 is 0 Å². The Morgan fingerprint density at radius 1 is 1.48 bits per heavy atom. The topological polar surface area (TPSA) is 74.0 Å². The van der Waals surface area contributed by atoms with Crippen molar-refractivity contribution in [3.8, 4) is 0 Å². The monoisotopic (exact) mass is 378 g/mol. The van der Waals surface area contributed by atoms with Crippen LogP contribution in [-0.2, 0) is 16.6 Å². The van der Waals surface area contributed by atoms with Crippen LogP contribution in [0, 0.1) is 0 Å². The Morgan fingerprint density at radius 2 is 2.24 bits per heavy atom. The number of aliphatic hydroxyl groups excluding tert-OH is 1. The largest absolute Gasteiger partial charge is 0.450 e. The Morgan fingerprint density at radius 3 is 2.90 bits per heavy atom. The second-order valence-corrected chi connectivity index (χ2v) is 8.30. The number of halogens is 1. The average Bonchev–Trinajstić information content (AvgIpc) is 3.03. The molecule has 2 saturated heterocycles. The summed E-state index contributed by atoms with van der Waals surface area (Å²) >= 11 is 3.14. The Labute approximate surface area is 132 Å². The second kappa shape index (κ2) is 5.66. The van der Waals surface area contributed by atoms with Gasteiger partial charge in [0, 0.05) is 31.2 Å². The standard InChI is InChI=1S/C13H19BrN2O4S/c1-9-6-15-4-2-3-10(15)7-16(9)21(18,19)12-5-11(8-17)20-13(12)14/h5,9-10,17H,2-4,6-8H2,1H3. The van der Waals surface area contributed by atoms with Gasteiger partial charge in [-0.3, -0.25) is 4.90 Å². The smallest absolute Gasteiger partial charge is 0.247 e. The minimum absolute atomic E-state index is 0.0660. The number of hydrogen-bond acceptors (Lipinski definition) is 5. The van der Waals surface area contributed by atoms with Crippen molar-refractivity contribution in [1.82, 2.24) is 9.21 Å². The fraction of sp³-hybridized carbons (Fsp3) is 0.692. The lowest BCUT2D eigenvalue weighted by Crippen LogP contribution is -2.56. The van der Waals surface area contributed by atoms with Crippen LogP contribution in [0.1, 0.15) is 25.5 Å². The van der Waals surface area contributed by atoms with Gasteiger partial charge in [0.15, 0.2) is 4.67 Å². The van der Waals surface area contributed by atoms with E-state index >= 15 is 0 Å². The zero-order chi connectivity index (χ0) is 15.2. The summed E-state index contributed by atoms with van der Waals surface area (Å²) in [5.74, 6) is 0.243. The van der Waals surface area contributed by atoms with Crippen LogP contribution in [0.25, 0.3) is 0 Å². The van der Waals surface area contributed by atoms with Crippen LogP contribution in [-0.4, -0.2) is 54.4 Å². The molecular weight excluding hydrogens is 360 g/mol. The molecule has 2 aliphatic heterocycles. The molecule has 118 valence electrons. The van der Waals surface area contributed by atoms with Crippen LogP contribution in [0.5, 0.6) is 0 Å². The lowest BCUT2D eigenvalue weighted by Gasteiger charge is -2.41. The van der Waals surface area contributed by atoms with E-state index in [0.29, 0.717) is 12.6 Å². The molecule has 6 nitrogen and oxygen atoms in total. The molecule has 0 amide bonds. The average molecular weight is 379 g/mol. The van der Waals surface area contributed by atoms with Crippen molar-refractivity contribution in [1.29, 1.82) is 0 Å². The Kier molecular flexibility index (Phi) is 4.17. The fourth-order valence-corrected chi connectivity index (χ4v) is 5.90. The summed E-state index contributed by atoms with van der Waals surface area (Å²) in [4.78, 5) is 2.48. The van der Waals surface area contributed by atoms with Crippen molar-refractivity contribution in [2.24, 2.45) is 0 Å². The molecule has 2 fully saturated rings. The molecule has 0 bridgehead atoms. The van der Waals surface area contributed by atoms with Crippen LogP contribution in [0.2, 0.25) is 0 Å². The van der Waals surface area contributed by atoms with Crippen molar-refractivity contribution >= 4 is 26.0 Å². The summed E-state index contributed by atoms with van der Waals surface area (Å²) in [6.07, 6.45) is 2.18. The maximum absolute atomic E-state index is 12.9. The maximum Gasteiger partial charge on any atom is 0.247 e. The van der Waals surface area contributed by atoms with Gasteiger partial charge < -0.3 is 9.52 Å². The van der Waals surface area contributed by atoms with E-state index < -0.39 is 10.0 Å². The van der Waals surface area contributed by atoms with E-state index in [-0.39, 0.29) is 28.0 Å². The van der Waals surface area contributed by atoms with Gasteiger partial charge in [0.25, 0.3) is 0 Å². The maximum atomic E-state index is 12.9. The number of aliphatic hydroxyl groups is 1. The van der Waals surface area contributed by atoms with E-state index in [1.54, 1.807) is 4.31 Å². The number of piperazine rings is 1. The number of furan rings is 1. The van der Waals surface area contributed by atoms with Gasteiger partial charge in [-0.25, -0.2) is 8.42 Å². The molecule has 1 aromatic heterocycles. The van der Waals surface area contributed by atoms with Gasteiger partial charge in [-0.1, -0.05) is 0 Å². The van der Waals surface area contributed by atoms with Gasteiger partial charge in [-0.05, 0) is 42.2 Å². The summed E-state index contributed by atoms with van der Waals surface area (Å²) < 4.78 is 32.7. The number of hydrogen-bond donors (Lipinski definition) is 1. The lowest BCUT2D eigenvalue weighted by molar-refractivity contribution is 0.117. The first-order valence-electron chi connectivity index (χ1n) is 7.08. The Bertz CT molecular complexity index is 630. The van der Waals surface area contributed by atoms with Crippen LogP contribution in [0.15, 0.2) is 20.0 Å². The highest BCUT2D eigenvalue weighted by Crippen LogP contribution is 2.33. The molecule has 3 rings (SSSR count). The van der Waals surface area contributed by atoms with Crippen LogP contribution < -0.4 is 0 Å². The first-order valence-corrected chi connectivity index (χ1v) is 9.31. The summed E-state index contributed by atoms with van der Waals surface area (Å²) in [5, 5.41) is 9.10. The third-order valence-corrected chi connectivity index (χ3v) is 7.17. The van der Waals surface area contributed by atoms with E-state index in [1.165, 1.54) is 6.07 Å². The third kappa shape index (κ3) is 2.68. The highest BCUT2D eigenvalue weighted by molar-refractivity contribution is 9.10. The van der Waals surface area contributed by atoms with Crippen molar-refractivity contribution in [3.63, 3.8) is 0 Å². The summed E-state index contributed by atoms with van der Waals surface area (Å²) in [6, 6.07) is 1.65. The highest BCUT2D eigenvalue weighted by atomic mass is 79.9. The van der Waals surface area contributed by atoms with E-state index in [1.807, 2.05) is 6.92 Å². The SMILES string of the molecule is CC1CN2CCCC2CN1S(=O)(=O)c1cc(CO)oc1Br. The van der Waals surface area contributed by atoms with E-state index in [0.717, 1.165) is 25.9 Å². The number of nitrogens with zero attached hydrogens (tertiary/aromatic N) is 2. The van der Waals surface area contributed by atoms with Crippen LogP contribution in [0.3, 0.4) is 0 Å². The first kappa shape index (κ1) is 15.5. The molecule has 0 radical (unpaired) electrons. The minimum Gasteiger partial charge on any atom is -0.450 e. The van der Waals surface area contributed by atoms with E-state index in [2.05, 4.69) is 20.8 Å². The van der Waals surface area contributed by atoms with Crippen molar-refractivity contribution < 1.29 is 17.9 Å². The zero-order valence-electron chi connectivity index (χ0n) is 11.8. The van der Waals surface area contributed by atoms with E-state index in [9.17, 15) is 8.42 Å². The van der Waals surface area contributed by atoms with Crippen molar-refractivity contribution in [2.45, 2.75) is 43.4 Å². The molecule has 8 heteroatoms. The molecule has 1 aromatic rings. The van der Waals surface area contributed by atoms with E-state index in [4.69, 9.17) is 9.52 Å². The second-order valence-electron chi connectivity index (χ2n) is 5.72. The van der Waals surface area contributed by atoms with Crippen LogP contribution in [0.4, 0.5) is 0 Å². The quantitative estimate of drug-likeness (QED) is 0.859. The molecule has 0 aromatic carbocycles. The fourth-order valence-electron chi connectivity index (χ4n) is 3.27. The number of fused-ring (bicyclic) bond motifs is 1. The predicted molar refractivity (Wildman–Crippen MR) is 80.3 cm³/mol. The molecule has 0 saturated carbocycles. The molecule has 1 N–H and O–H groups in total. The van der Waals surface area contributed by atoms with Gasteiger partial charge in [-0.2, -0.15) is 4.31 Å². The predicted octanol–water partition coefficient (Wildman–Crippen LogP) is 1.39. The molecule has 2 unspecified atom stereocenters. The molecule has 2 aliphatic rings. The molecule has 21 heavy (non-hydrogen) atoms. The normalized spacial score (nSPS) is 28.0. The van der Waals surface area contributed by atoms with Gasteiger partial charge in [0.2, 0.25) is 10.0 Å². The van der Waals surface area contributed by atoms with Crippen molar-refractivity contribution in [3.05, 3.63) is 16.5 Å². The minimum atomic E-state index is -3.61. The Balaban J connectivity index is 1.91. The first-order chi connectivity index (χ1) is 9.93. The molecule has 2 atom stereocenters. The zero-order valence-corrected chi connectivity index (χ0v) is 14.2. The molecular formula is C13H19BrN2O4S. The molecule has 0 aliphatic carbocycles. The molecule has 0 spiro atoms. The highest BCUT2D eigenvalue weighted by Gasteiger charge is 2.41.